The van der Waals surface area contributed by atoms with Gasteiger partial charge in [-0.15, -0.1) is 0 Å². The van der Waals surface area contributed by atoms with Crippen LogP contribution < -0.4 is 5.32 Å². The molecule has 1 unspecified atom stereocenters. The molecule has 1 rings (SSSR count). The molecule has 4 nitrogen and oxygen atoms in total. The molecule has 0 bridgehead atoms. The van der Waals surface area contributed by atoms with Gasteiger partial charge >= 0.3 is 5.97 Å². The number of hydrogen-bond acceptors (Lipinski definition) is 4. The first-order valence-electron chi connectivity index (χ1n) is 4.73. The molecular formula is C9H17NO3. The van der Waals surface area contributed by atoms with Crippen LogP contribution in [-0.2, 0) is 14.3 Å². The molecule has 13 heavy (non-hydrogen) atoms. The van der Waals surface area contributed by atoms with Gasteiger partial charge in [-0.25, -0.2) is 0 Å². The Morgan fingerprint density at radius 3 is 2.77 bits per heavy atom. The third kappa shape index (κ3) is 3.32. The van der Waals surface area contributed by atoms with Crippen molar-refractivity contribution >= 4 is 5.97 Å². The van der Waals surface area contributed by atoms with Crippen molar-refractivity contribution in [3.63, 3.8) is 0 Å². The maximum absolute atomic E-state index is 11.3. The summed E-state index contributed by atoms with van der Waals surface area (Å²) < 4.78 is 10.3. The van der Waals surface area contributed by atoms with Crippen molar-refractivity contribution in [2.24, 2.45) is 5.92 Å². The Morgan fingerprint density at radius 1 is 1.62 bits per heavy atom. The molecule has 0 radical (unpaired) electrons. The molecule has 1 aliphatic rings. The minimum atomic E-state index is -0.131. The lowest BCUT2D eigenvalue weighted by atomic mass is 10.0. The van der Waals surface area contributed by atoms with E-state index in [2.05, 4.69) is 5.32 Å². The number of carbonyl (C=O) groups is 1. The molecule has 1 heterocycles. The van der Waals surface area contributed by atoms with Gasteiger partial charge in [-0.2, -0.15) is 0 Å². The number of ether oxygens (including phenoxy) is 2. The van der Waals surface area contributed by atoms with E-state index in [1.54, 1.807) is 0 Å². The van der Waals surface area contributed by atoms with Crippen molar-refractivity contribution in [1.29, 1.82) is 0 Å². The van der Waals surface area contributed by atoms with E-state index in [0.717, 1.165) is 13.1 Å². The third-order valence-corrected chi connectivity index (χ3v) is 1.99. The Morgan fingerprint density at radius 2 is 2.31 bits per heavy atom. The highest BCUT2D eigenvalue weighted by atomic mass is 16.6. The summed E-state index contributed by atoms with van der Waals surface area (Å²) in [5.41, 5.74) is 0. The zero-order valence-electron chi connectivity index (χ0n) is 8.21. The zero-order valence-corrected chi connectivity index (χ0v) is 8.21. The Balaban J connectivity index is 2.11. The monoisotopic (exact) mass is 187 g/mol. The van der Waals surface area contributed by atoms with Crippen LogP contribution in [0.15, 0.2) is 0 Å². The smallest absolute Gasteiger partial charge is 0.311 e. The first kappa shape index (κ1) is 10.5. The van der Waals surface area contributed by atoms with Crippen molar-refractivity contribution in [3.05, 3.63) is 0 Å². The molecule has 76 valence electrons. The molecule has 0 aromatic rings. The van der Waals surface area contributed by atoms with E-state index in [1.165, 1.54) is 0 Å². The van der Waals surface area contributed by atoms with Crippen LogP contribution in [0.3, 0.4) is 0 Å². The lowest BCUT2D eigenvalue weighted by Gasteiger charge is -2.26. The molecule has 0 aromatic heterocycles. The molecule has 0 saturated carbocycles. The van der Waals surface area contributed by atoms with Gasteiger partial charge in [-0.3, -0.25) is 4.79 Å². The Kier molecular flexibility index (Phi) is 4.18. The van der Waals surface area contributed by atoms with Crippen LogP contribution in [0.4, 0.5) is 0 Å². The van der Waals surface area contributed by atoms with E-state index in [0.29, 0.717) is 13.2 Å². The quantitative estimate of drug-likeness (QED) is 0.623. The van der Waals surface area contributed by atoms with Gasteiger partial charge in [0.2, 0.25) is 0 Å². The SMILES string of the molecule is CCOCC(C)OC(=O)C1CNC1. The number of esters is 1. The molecule has 0 amide bonds. The predicted octanol–water partition coefficient (Wildman–Crippen LogP) is 0.174. The van der Waals surface area contributed by atoms with Crippen LogP contribution in [0.5, 0.6) is 0 Å². The van der Waals surface area contributed by atoms with Crippen molar-refractivity contribution in [2.45, 2.75) is 20.0 Å². The Labute approximate surface area is 78.6 Å². The highest BCUT2D eigenvalue weighted by Crippen LogP contribution is 2.07. The van der Waals surface area contributed by atoms with Gasteiger partial charge in [0.1, 0.15) is 6.10 Å². The standard InChI is InChI=1S/C9H17NO3/c1-3-12-6-7(2)13-9(11)8-4-10-5-8/h7-8,10H,3-6H2,1-2H3. The molecule has 1 fully saturated rings. The van der Waals surface area contributed by atoms with Gasteiger partial charge in [0.25, 0.3) is 0 Å². The average Bonchev–Trinajstić information content (AvgIpc) is 1.97. The van der Waals surface area contributed by atoms with E-state index < -0.39 is 0 Å². The molecule has 1 aliphatic heterocycles. The van der Waals surface area contributed by atoms with E-state index in [4.69, 9.17) is 9.47 Å². The number of hydrogen-bond donors (Lipinski definition) is 1. The molecule has 1 atom stereocenters. The number of rotatable bonds is 5. The second-order valence-corrected chi connectivity index (χ2v) is 3.26. The highest BCUT2D eigenvalue weighted by molar-refractivity contribution is 5.74. The summed E-state index contributed by atoms with van der Waals surface area (Å²) in [5, 5.41) is 3.03. The van der Waals surface area contributed by atoms with Crippen molar-refractivity contribution in [3.8, 4) is 0 Å². The Hall–Kier alpha value is -0.610. The maximum atomic E-state index is 11.3. The van der Waals surface area contributed by atoms with Crippen molar-refractivity contribution in [1.82, 2.24) is 5.32 Å². The summed E-state index contributed by atoms with van der Waals surface area (Å²) in [6.45, 7) is 6.42. The average molecular weight is 187 g/mol. The van der Waals surface area contributed by atoms with Gasteiger partial charge in [0.05, 0.1) is 12.5 Å². The number of carbonyl (C=O) groups excluding carboxylic acids is 1. The van der Waals surface area contributed by atoms with Crippen LogP contribution in [0.25, 0.3) is 0 Å². The summed E-state index contributed by atoms with van der Waals surface area (Å²) in [6, 6.07) is 0. The zero-order chi connectivity index (χ0) is 9.68. The molecule has 1 N–H and O–H groups in total. The van der Waals surface area contributed by atoms with Crippen molar-refractivity contribution in [2.75, 3.05) is 26.3 Å². The minimum absolute atomic E-state index is 0.0593. The van der Waals surface area contributed by atoms with Crippen LogP contribution in [0.2, 0.25) is 0 Å². The van der Waals surface area contributed by atoms with Gasteiger partial charge in [0, 0.05) is 19.7 Å². The second kappa shape index (κ2) is 5.19. The fourth-order valence-electron chi connectivity index (χ4n) is 1.07. The van der Waals surface area contributed by atoms with Crippen LogP contribution in [-0.4, -0.2) is 38.4 Å². The van der Waals surface area contributed by atoms with Gasteiger partial charge in [0.15, 0.2) is 0 Å². The summed E-state index contributed by atoms with van der Waals surface area (Å²) >= 11 is 0. The molecule has 0 spiro atoms. The van der Waals surface area contributed by atoms with E-state index >= 15 is 0 Å². The summed E-state index contributed by atoms with van der Waals surface area (Å²) in [4.78, 5) is 11.3. The molecule has 4 heteroatoms. The predicted molar refractivity (Wildman–Crippen MR) is 48.4 cm³/mol. The molecule has 0 aliphatic carbocycles. The topological polar surface area (TPSA) is 47.6 Å². The second-order valence-electron chi connectivity index (χ2n) is 3.26. The molecular weight excluding hydrogens is 170 g/mol. The van der Waals surface area contributed by atoms with E-state index in [9.17, 15) is 4.79 Å². The fourth-order valence-corrected chi connectivity index (χ4v) is 1.07. The van der Waals surface area contributed by atoms with Crippen LogP contribution >= 0.6 is 0 Å². The highest BCUT2D eigenvalue weighted by Gasteiger charge is 2.27. The Bertz CT molecular complexity index is 168. The largest absolute Gasteiger partial charge is 0.460 e. The van der Waals surface area contributed by atoms with E-state index in [-0.39, 0.29) is 18.0 Å². The van der Waals surface area contributed by atoms with Gasteiger partial charge in [-0.1, -0.05) is 0 Å². The summed E-state index contributed by atoms with van der Waals surface area (Å²) in [5.74, 6) is -0.0463. The maximum Gasteiger partial charge on any atom is 0.311 e. The number of nitrogens with one attached hydrogen (secondary N) is 1. The first-order chi connectivity index (χ1) is 6.24. The molecule has 0 aromatic carbocycles. The van der Waals surface area contributed by atoms with Crippen LogP contribution in [0.1, 0.15) is 13.8 Å². The third-order valence-electron chi connectivity index (χ3n) is 1.99. The summed E-state index contributed by atoms with van der Waals surface area (Å²) in [7, 11) is 0. The van der Waals surface area contributed by atoms with Gasteiger partial charge in [-0.05, 0) is 13.8 Å². The summed E-state index contributed by atoms with van der Waals surface area (Å²) in [6.07, 6.45) is -0.131. The lowest BCUT2D eigenvalue weighted by molar-refractivity contribution is -0.157. The van der Waals surface area contributed by atoms with Gasteiger partial charge < -0.3 is 14.8 Å². The fraction of sp³-hybridized carbons (Fsp3) is 0.889. The minimum Gasteiger partial charge on any atom is -0.460 e. The van der Waals surface area contributed by atoms with Crippen molar-refractivity contribution < 1.29 is 14.3 Å². The normalized spacial score (nSPS) is 19.2. The lowest BCUT2D eigenvalue weighted by Crippen LogP contribution is -2.48. The van der Waals surface area contributed by atoms with E-state index in [1.807, 2.05) is 13.8 Å². The van der Waals surface area contributed by atoms with Crippen LogP contribution in [0, 0.1) is 5.92 Å². The first-order valence-corrected chi connectivity index (χ1v) is 4.73. The molecule has 1 saturated heterocycles.